The molecule has 2 aromatic rings. The molecule has 0 saturated heterocycles. The highest BCUT2D eigenvalue weighted by Gasteiger charge is 2.26. The zero-order valence-corrected chi connectivity index (χ0v) is 15.3. The molecule has 2 amide bonds. The molecule has 0 aromatic heterocycles. The van der Waals surface area contributed by atoms with Crippen molar-refractivity contribution in [2.75, 3.05) is 13.7 Å². The summed E-state index contributed by atoms with van der Waals surface area (Å²) in [5.74, 6) is -1.33. The maximum atomic E-state index is 13.6. The van der Waals surface area contributed by atoms with Crippen molar-refractivity contribution in [3.63, 3.8) is 0 Å². The van der Waals surface area contributed by atoms with Gasteiger partial charge in [0.25, 0.3) is 5.91 Å². The topological polar surface area (TPSA) is 58.6 Å². The van der Waals surface area contributed by atoms with Crippen molar-refractivity contribution in [3.8, 4) is 5.75 Å². The number of nitrogens with zero attached hydrogens (tertiary/aromatic N) is 1. The number of benzene rings is 2. The van der Waals surface area contributed by atoms with Gasteiger partial charge in [0.2, 0.25) is 5.91 Å². The van der Waals surface area contributed by atoms with Crippen molar-refractivity contribution in [2.45, 2.75) is 19.5 Å². The third kappa shape index (κ3) is 5.20. The number of ether oxygens (including phenoxy) is 1. The van der Waals surface area contributed by atoms with Crippen molar-refractivity contribution >= 4 is 23.4 Å². The van der Waals surface area contributed by atoms with Crippen LogP contribution in [0, 0.1) is 5.82 Å². The normalized spacial score (nSPS) is 11.5. The number of carbonyl (C=O) groups is 2. The first-order chi connectivity index (χ1) is 12.4. The van der Waals surface area contributed by atoms with Gasteiger partial charge in [-0.2, -0.15) is 0 Å². The smallest absolute Gasteiger partial charge is 0.261 e. The van der Waals surface area contributed by atoms with Crippen LogP contribution in [0.1, 0.15) is 12.5 Å². The second-order valence-electron chi connectivity index (χ2n) is 5.66. The van der Waals surface area contributed by atoms with Crippen LogP contribution in [0.4, 0.5) is 4.39 Å². The van der Waals surface area contributed by atoms with E-state index in [2.05, 4.69) is 5.32 Å². The average Bonchev–Trinajstić information content (AvgIpc) is 2.64. The summed E-state index contributed by atoms with van der Waals surface area (Å²) in [6.07, 6.45) is 0. The number of carbonyl (C=O) groups excluding carboxylic acids is 2. The lowest BCUT2D eigenvalue weighted by molar-refractivity contribution is -0.142. The first-order valence-corrected chi connectivity index (χ1v) is 8.43. The number of halogens is 2. The van der Waals surface area contributed by atoms with E-state index < -0.39 is 17.8 Å². The maximum absolute atomic E-state index is 13.6. The van der Waals surface area contributed by atoms with Gasteiger partial charge in [-0.3, -0.25) is 9.59 Å². The van der Waals surface area contributed by atoms with Crippen LogP contribution in [-0.4, -0.2) is 36.4 Å². The van der Waals surface area contributed by atoms with Gasteiger partial charge in [0, 0.05) is 18.6 Å². The summed E-state index contributed by atoms with van der Waals surface area (Å²) >= 11 is 5.99. The molecule has 0 aliphatic rings. The summed E-state index contributed by atoms with van der Waals surface area (Å²) in [5, 5.41) is 3.05. The number of hydrogen-bond donors (Lipinski definition) is 1. The van der Waals surface area contributed by atoms with Gasteiger partial charge in [-0.1, -0.05) is 35.9 Å². The van der Waals surface area contributed by atoms with Crippen molar-refractivity contribution in [1.82, 2.24) is 10.2 Å². The van der Waals surface area contributed by atoms with Crippen molar-refractivity contribution in [1.29, 1.82) is 0 Å². The standard InChI is InChI=1S/C19H20ClFN2O3/c1-13(19(25)22-2)23(11-14-6-5-7-15(20)10-14)18(24)12-26-17-9-4-3-8-16(17)21/h3-10,13H,11-12H2,1-2H3,(H,22,25). The van der Waals surface area contributed by atoms with Gasteiger partial charge in [0.15, 0.2) is 18.2 Å². The minimum Gasteiger partial charge on any atom is -0.481 e. The Balaban J connectivity index is 2.15. The second-order valence-corrected chi connectivity index (χ2v) is 6.10. The summed E-state index contributed by atoms with van der Waals surface area (Å²) in [6, 6.07) is 12.1. The molecule has 7 heteroatoms. The number of amides is 2. The predicted octanol–water partition coefficient (Wildman–Crippen LogP) is 3.02. The van der Waals surface area contributed by atoms with Gasteiger partial charge in [-0.25, -0.2) is 4.39 Å². The summed E-state index contributed by atoms with van der Waals surface area (Å²) in [6.45, 7) is 1.40. The number of para-hydroxylation sites is 1. The van der Waals surface area contributed by atoms with Crippen LogP contribution in [0.25, 0.3) is 0 Å². The summed E-state index contributed by atoms with van der Waals surface area (Å²) < 4.78 is 18.9. The molecule has 1 N–H and O–H groups in total. The van der Waals surface area contributed by atoms with E-state index in [1.54, 1.807) is 37.3 Å². The first-order valence-electron chi connectivity index (χ1n) is 8.05. The highest BCUT2D eigenvalue weighted by atomic mass is 35.5. The molecule has 1 unspecified atom stereocenters. The van der Waals surface area contributed by atoms with Gasteiger partial charge in [0.05, 0.1) is 0 Å². The Kier molecular flexibility index (Phi) is 6.97. The molecular formula is C19H20ClFN2O3. The molecule has 2 aromatic carbocycles. The fourth-order valence-electron chi connectivity index (χ4n) is 2.41. The molecule has 0 heterocycles. The average molecular weight is 379 g/mol. The van der Waals surface area contributed by atoms with Crippen molar-refractivity contribution in [2.24, 2.45) is 0 Å². The molecule has 2 rings (SSSR count). The highest BCUT2D eigenvalue weighted by Crippen LogP contribution is 2.17. The van der Waals surface area contributed by atoms with Crippen molar-refractivity contribution < 1.29 is 18.7 Å². The molecule has 5 nitrogen and oxygen atoms in total. The fourth-order valence-corrected chi connectivity index (χ4v) is 2.62. The van der Waals surface area contributed by atoms with Gasteiger partial charge < -0.3 is 15.0 Å². The van der Waals surface area contributed by atoms with Crippen LogP contribution in [0.15, 0.2) is 48.5 Å². The number of rotatable bonds is 7. The van der Waals surface area contributed by atoms with Gasteiger partial charge in [-0.05, 0) is 36.8 Å². The Morgan fingerprint density at radius 1 is 1.23 bits per heavy atom. The van der Waals surface area contributed by atoms with Crippen LogP contribution in [-0.2, 0) is 16.1 Å². The largest absolute Gasteiger partial charge is 0.481 e. The first kappa shape index (κ1) is 19.7. The Bertz CT molecular complexity index is 785. The van der Waals surface area contributed by atoms with Crippen molar-refractivity contribution in [3.05, 3.63) is 64.9 Å². The molecule has 1 atom stereocenters. The molecule has 0 aliphatic heterocycles. The Morgan fingerprint density at radius 3 is 2.62 bits per heavy atom. The SMILES string of the molecule is CNC(=O)C(C)N(Cc1cccc(Cl)c1)C(=O)COc1ccccc1F. The summed E-state index contributed by atoms with van der Waals surface area (Å²) in [7, 11) is 1.50. The van der Waals surface area contributed by atoms with Gasteiger partial charge in [-0.15, -0.1) is 0 Å². The zero-order valence-electron chi connectivity index (χ0n) is 14.5. The van der Waals surface area contributed by atoms with E-state index in [9.17, 15) is 14.0 Å². The lowest BCUT2D eigenvalue weighted by Crippen LogP contribution is -2.48. The highest BCUT2D eigenvalue weighted by molar-refractivity contribution is 6.30. The predicted molar refractivity (Wildman–Crippen MR) is 97.4 cm³/mol. The third-order valence-corrected chi connectivity index (χ3v) is 4.08. The molecular weight excluding hydrogens is 359 g/mol. The minimum absolute atomic E-state index is 0.0175. The van der Waals surface area contributed by atoms with Crippen LogP contribution in [0.2, 0.25) is 5.02 Å². The number of likely N-dealkylation sites (N-methyl/N-ethyl adjacent to an activating group) is 1. The minimum atomic E-state index is -0.726. The van der Waals surface area contributed by atoms with E-state index in [0.29, 0.717) is 5.02 Å². The van der Waals surface area contributed by atoms with Crippen LogP contribution in [0.3, 0.4) is 0 Å². The molecule has 0 fully saturated rings. The molecule has 0 bridgehead atoms. The number of nitrogens with one attached hydrogen (secondary N) is 1. The zero-order chi connectivity index (χ0) is 19.1. The Hall–Kier alpha value is -2.60. The molecule has 0 spiro atoms. The molecule has 0 radical (unpaired) electrons. The molecule has 0 aliphatic carbocycles. The second kappa shape index (κ2) is 9.20. The lowest BCUT2D eigenvalue weighted by Gasteiger charge is -2.28. The molecule has 0 saturated carbocycles. The van der Waals surface area contributed by atoms with E-state index in [1.165, 1.54) is 30.1 Å². The summed E-state index contributed by atoms with van der Waals surface area (Å²) in [5.41, 5.74) is 0.771. The fraction of sp³-hybridized carbons (Fsp3) is 0.263. The Morgan fingerprint density at radius 2 is 1.96 bits per heavy atom. The monoisotopic (exact) mass is 378 g/mol. The van der Waals surface area contributed by atoms with E-state index in [1.807, 2.05) is 0 Å². The quantitative estimate of drug-likeness (QED) is 0.805. The van der Waals surface area contributed by atoms with E-state index in [0.717, 1.165) is 5.56 Å². The Labute approximate surface area is 156 Å². The maximum Gasteiger partial charge on any atom is 0.261 e. The number of hydrogen-bond acceptors (Lipinski definition) is 3. The van der Waals surface area contributed by atoms with Gasteiger partial charge in [0.1, 0.15) is 6.04 Å². The summed E-state index contributed by atoms with van der Waals surface area (Å²) in [4.78, 5) is 26.0. The van der Waals surface area contributed by atoms with E-state index in [-0.39, 0.29) is 24.8 Å². The molecule has 26 heavy (non-hydrogen) atoms. The van der Waals surface area contributed by atoms with Crippen LogP contribution >= 0.6 is 11.6 Å². The molecule has 138 valence electrons. The lowest BCUT2D eigenvalue weighted by atomic mass is 10.1. The van der Waals surface area contributed by atoms with E-state index >= 15 is 0 Å². The van der Waals surface area contributed by atoms with Crippen LogP contribution < -0.4 is 10.1 Å². The van der Waals surface area contributed by atoms with Crippen LogP contribution in [0.5, 0.6) is 5.75 Å². The third-order valence-electron chi connectivity index (χ3n) is 3.84. The van der Waals surface area contributed by atoms with Gasteiger partial charge >= 0.3 is 0 Å². The van der Waals surface area contributed by atoms with E-state index in [4.69, 9.17) is 16.3 Å².